The molecule has 1 N–H and O–H groups in total. The van der Waals surface area contributed by atoms with E-state index in [0.717, 1.165) is 11.6 Å². The number of alkyl halides is 3. The normalized spacial score (nSPS) is 46.9. The first kappa shape index (κ1) is 26.7. The Morgan fingerprint density at radius 2 is 1.92 bits per heavy atom. The zero-order valence-corrected chi connectivity index (χ0v) is 22.1. The quantitative estimate of drug-likeness (QED) is 0.402. The van der Waals surface area contributed by atoms with E-state index in [-0.39, 0.29) is 24.8 Å². The van der Waals surface area contributed by atoms with Crippen molar-refractivity contribution in [3.63, 3.8) is 0 Å². The zero-order chi connectivity index (χ0) is 27.1. The number of thioether (sulfide) groups is 1. The van der Waals surface area contributed by atoms with E-state index in [2.05, 4.69) is 6.58 Å². The Morgan fingerprint density at radius 1 is 1.24 bits per heavy atom. The van der Waals surface area contributed by atoms with E-state index in [1.165, 1.54) is 19.1 Å². The van der Waals surface area contributed by atoms with Crippen LogP contribution in [0, 0.1) is 34.5 Å². The third-order valence-corrected chi connectivity index (χ3v) is 11.0. The van der Waals surface area contributed by atoms with E-state index in [9.17, 15) is 23.9 Å². The molecule has 0 spiro atoms. The maximum absolute atomic E-state index is 17.4. The molecule has 4 fully saturated rings. The van der Waals surface area contributed by atoms with Crippen LogP contribution in [-0.4, -0.2) is 51.5 Å². The first-order valence-electron chi connectivity index (χ1n) is 12.8. The van der Waals surface area contributed by atoms with Gasteiger partial charge >= 0.3 is 5.97 Å². The van der Waals surface area contributed by atoms with Crippen molar-refractivity contribution >= 4 is 28.6 Å². The van der Waals surface area contributed by atoms with E-state index < -0.39 is 80.9 Å². The highest BCUT2D eigenvalue weighted by Crippen LogP contribution is 2.72. The number of rotatable bonds is 4. The molecule has 0 amide bonds. The van der Waals surface area contributed by atoms with Gasteiger partial charge in [-0.1, -0.05) is 32.1 Å². The van der Waals surface area contributed by atoms with Gasteiger partial charge in [-0.25, -0.2) is 13.2 Å². The fraction of sp³-hybridized carbons (Fsp3) is 0.679. The molecule has 4 saturated carbocycles. The number of hydrogen-bond donors (Lipinski definition) is 1. The van der Waals surface area contributed by atoms with Crippen LogP contribution in [0.3, 0.4) is 0 Å². The maximum atomic E-state index is 17.4. The van der Waals surface area contributed by atoms with E-state index in [0.29, 0.717) is 24.6 Å². The van der Waals surface area contributed by atoms with Crippen LogP contribution in [0.4, 0.5) is 13.2 Å². The number of aliphatic hydroxyl groups is 1. The molecule has 0 radical (unpaired) electrons. The number of hydrogen-bond acceptors (Lipinski definition) is 6. The molecule has 37 heavy (non-hydrogen) atoms. The van der Waals surface area contributed by atoms with Crippen LogP contribution in [0.5, 0.6) is 0 Å². The summed E-state index contributed by atoms with van der Waals surface area (Å²) in [5.41, 5.74) is -6.02. The Hall–Kier alpha value is -1.87. The van der Waals surface area contributed by atoms with Crippen LogP contribution in [0.2, 0.25) is 0 Å². The van der Waals surface area contributed by atoms with Crippen molar-refractivity contribution in [1.82, 2.24) is 0 Å². The van der Waals surface area contributed by atoms with Gasteiger partial charge in [-0.05, 0) is 74.4 Å². The lowest BCUT2D eigenvalue weighted by atomic mass is 9.44. The Bertz CT molecular complexity index is 1130. The molecule has 0 aromatic carbocycles. The van der Waals surface area contributed by atoms with Crippen LogP contribution in [0.15, 0.2) is 36.0 Å². The molecule has 0 heterocycles. The van der Waals surface area contributed by atoms with Crippen molar-refractivity contribution in [2.24, 2.45) is 34.5 Å². The first-order valence-corrected chi connectivity index (χ1v) is 13.8. The van der Waals surface area contributed by atoms with Crippen molar-refractivity contribution < 1.29 is 37.4 Å². The maximum Gasteiger partial charge on any atom is 0.310 e. The smallest absolute Gasteiger partial charge is 0.310 e. The van der Waals surface area contributed by atoms with Crippen LogP contribution >= 0.6 is 11.8 Å². The van der Waals surface area contributed by atoms with Crippen molar-refractivity contribution in [2.75, 3.05) is 6.01 Å². The molecule has 202 valence electrons. The number of fused-ring (bicyclic) bond motifs is 5. The monoisotopic (exact) mass is 538 g/mol. The molecule has 0 bridgehead atoms. The van der Waals surface area contributed by atoms with Gasteiger partial charge in [-0.15, -0.1) is 0 Å². The van der Waals surface area contributed by atoms with Gasteiger partial charge in [-0.2, -0.15) is 0 Å². The lowest BCUT2D eigenvalue weighted by molar-refractivity contribution is -0.230. The average molecular weight is 539 g/mol. The first-order chi connectivity index (χ1) is 17.3. The molecule has 5 aliphatic rings. The van der Waals surface area contributed by atoms with E-state index in [1.807, 2.05) is 0 Å². The van der Waals surface area contributed by atoms with Crippen molar-refractivity contribution in [1.29, 1.82) is 0 Å². The number of ketones is 1. The molecule has 0 saturated heterocycles. The molecule has 5 nitrogen and oxygen atoms in total. The number of halogens is 3. The molecule has 9 heteroatoms. The fourth-order valence-electron chi connectivity index (χ4n) is 8.42. The summed E-state index contributed by atoms with van der Waals surface area (Å²) in [6.45, 7) is 8.76. The second-order valence-electron chi connectivity index (χ2n) is 12.0. The second kappa shape index (κ2) is 8.57. The van der Waals surface area contributed by atoms with Gasteiger partial charge in [0.25, 0.3) is 0 Å². The largest absolute Gasteiger partial charge is 0.449 e. The van der Waals surface area contributed by atoms with Crippen molar-refractivity contribution in [3.05, 3.63) is 36.0 Å². The predicted molar refractivity (Wildman–Crippen MR) is 132 cm³/mol. The number of carbonyl (C=O) groups is 3. The topological polar surface area (TPSA) is 80.7 Å². The molecular weight excluding hydrogens is 505 g/mol. The minimum atomic E-state index is -2.31. The summed E-state index contributed by atoms with van der Waals surface area (Å²) in [6.07, 6.45) is 1.03. The van der Waals surface area contributed by atoms with Crippen LogP contribution in [-0.2, 0) is 19.1 Å². The molecule has 5 rings (SSSR count). The molecular formula is C28H33F3O5S. The molecule has 0 aliphatic heterocycles. The predicted octanol–water partition coefficient (Wildman–Crippen LogP) is 4.99. The van der Waals surface area contributed by atoms with Crippen molar-refractivity contribution in [3.8, 4) is 0 Å². The molecule has 0 aromatic rings. The van der Waals surface area contributed by atoms with Crippen LogP contribution < -0.4 is 0 Å². The Morgan fingerprint density at radius 3 is 2.54 bits per heavy atom. The lowest BCUT2D eigenvalue weighted by Gasteiger charge is -2.63. The van der Waals surface area contributed by atoms with Gasteiger partial charge in [-0.3, -0.25) is 14.4 Å². The summed E-state index contributed by atoms with van der Waals surface area (Å²) < 4.78 is 52.6. The van der Waals surface area contributed by atoms with Gasteiger partial charge in [0.2, 0.25) is 5.12 Å². The van der Waals surface area contributed by atoms with Gasteiger partial charge in [0.05, 0.1) is 12.0 Å². The Kier molecular flexibility index (Phi) is 6.19. The highest BCUT2D eigenvalue weighted by molar-refractivity contribution is 8.13. The SMILES string of the molecule is C=C1CC(C(=O)O[C@]2(C(=O)SCF)[C@H](C)C[C@H]3[C@@H]4C[C@H](F)C5=CC(=O)C=C[C@]5(C)[C@@]4(F)[C@H](O)C[C@@]32C)C1. The third kappa shape index (κ3) is 3.31. The van der Waals surface area contributed by atoms with Gasteiger partial charge in [0, 0.05) is 22.7 Å². The van der Waals surface area contributed by atoms with E-state index in [4.69, 9.17) is 4.74 Å². The highest BCUT2D eigenvalue weighted by Gasteiger charge is 2.78. The number of carbonyl (C=O) groups excluding carboxylic acids is 3. The van der Waals surface area contributed by atoms with Gasteiger partial charge in [0.1, 0.15) is 12.2 Å². The van der Waals surface area contributed by atoms with Crippen LogP contribution in [0.25, 0.3) is 0 Å². The number of ether oxygens (including phenoxy) is 1. The average Bonchev–Trinajstić information content (AvgIpc) is 3.02. The van der Waals surface area contributed by atoms with E-state index in [1.54, 1.807) is 13.8 Å². The molecule has 0 aromatic heterocycles. The summed E-state index contributed by atoms with van der Waals surface area (Å²) in [5.74, 6) is -3.74. The number of aliphatic hydroxyl groups excluding tert-OH is 1. The minimum absolute atomic E-state index is 0.0133. The summed E-state index contributed by atoms with van der Waals surface area (Å²) in [7, 11) is 0. The molecule has 0 unspecified atom stereocenters. The van der Waals surface area contributed by atoms with E-state index >= 15 is 8.78 Å². The molecule has 5 aliphatic carbocycles. The summed E-state index contributed by atoms with van der Waals surface area (Å²) in [5, 5.41) is 10.8. The summed E-state index contributed by atoms with van der Waals surface area (Å²) >= 11 is 0.406. The standard InChI is InChI=1S/C28H33F3O5S/c1-14-7-16(8-14)23(34)36-28(24(35)37-13-29)15(2)9-18-19-11-21(30)20-10-17(32)5-6-25(20,3)27(19,31)22(33)12-26(18,28)4/h5-6,10,15-16,18-19,21-22,33H,1,7-9,11-13H2,2-4H3/t15-,18+,19+,21+,22-,25+,26+,27+,28+/m1/s1. The van der Waals surface area contributed by atoms with Crippen molar-refractivity contribution in [2.45, 2.75) is 76.4 Å². The minimum Gasteiger partial charge on any atom is -0.449 e. The second-order valence-corrected chi connectivity index (χ2v) is 12.9. The van der Waals surface area contributed by atoms with Crippen LogP contribution in [0.1, 0.15) is 52.9 Å². The zero-order valence-electron chi connectivity index (χ0n) is 21.3. The lowest BCUT2D eigenvalue weighted by Crippen LogP contribution is -2.70. The van der Waals surface area contributed by atoms with Gasteiger partial charge in [0.15, 0.2) is 17.1 Å². The third-order valence-electron chi connectivity index (χ3n) is 10.3. The summed E-state index contributed by atoms with van der Waals surface area (Å²) in [4.78, 5) is 38.8. The number of esters is 1. The number of allylic oxidation sites excluding steroid dienone is 5. The highest BCUT2D eigenvalue weighted by atomic mass is 32.2. The summed E-state index contributed by atoms with van der Waals surface area (Å²) in [6, 6.07) is -1.03. The Balaban J connectivity index is 1.60. The Labute approximate surface area is 219 Å². The van der Waals surface area contributed by atoms with Gasteiger partial charge < -0.3 is 9.84 Å². The molecule has 9 atom stereocenters. The fourth-order valence-corrected chi connectivity index (χ4v) is 9.21.